The number of fused-ring (bicyclic) bond motifs is 1. The molecule has 0 aromatic heterocycles. The summed E-state index contributed by atoms with van der Waals surface area (Å²) in [6, 6.07) is 6.74. The average molecular weight is 236 g/mol. The summed E-state index contributed by atoms with van der Waals surface area (Å²) in [5, 5.41) is 3.45. The molecule has 3 heteroatoms. The van der Waals surface area contributed by atoms with Crippen molar-refractivity contribution >= 4 is 17.4 Å². The van der Waals surface area contributed by atoms with Gasteiger partial charge in [0.2, 0.25) is 0 Å². The Morgan fingerprint density at radius 2 is 2.25 bits per heavy atom. The summed E-state index contributed by atoms with van der Waals surface area (Å²) < 4.78 is 0. The van der Waals surface area contributed by atoms with E-state index in [1.807, 2.05) is 11.8 Å². The van der Waals surface area contributed by atoms with Crippen molar-refractivity contribution in [1.29, 1.82) is 0 Å². The van der Waals surface area contributed by atoms with Crippen molar-refractivity contribution < 1.29 is 0 Å². The largest absolute Gasteiger partial charge is 0.383 e. The molecule has 0 saturated heterocycles. The Morgan fingerprint density at radius 3 is 3.00 bits per heavy atom. The molecule has 1 aromatic rings. The number of benzene rings is 1. The van der Waals surface area contributed by atoms with E-state index in [0.717, 1.165) is 19.5 Å². The van der Waals surface area contributed by atoms with Crippen LogP contribution in [0, 0.1) is 5.41 Å². The predicted molar refractivity (Wildman–Crippen MR) is 72.2 cm³/mol. The topological polar surface area (TPSA) is 38.0 Å². The van der Waals surface area contributed by atoms with Crippen LogP contribution < -0.4 is 11.1 Å². The van der Waals surface area contributed by atoms with Crippen molar-refractivity contribution in [1.82, 2.24) is 0 Å². The highest BCUT2D eigenvalue weighted by Crippen LogP contribution is 2.32. The van der Waals surface area contributed by atoms with Gasteiger partial charge in [0.15, 0.2) is 0 Å². The van der Waals surface area contributed by atoms with E-state index in [9.17, 15) is 0 Å². The fourth-order valence-electron chi connectivity index (χ4n) is 1.92. The Bertz CT molecular complexity index is 374. The third kappa shape index (κ3) is 2.71. The lowest BCUT2D eigenvalue weighted by Gasteiger charge is -2.24. The third-order valence-electron chi connectivity index (χ3n) is 2.95. The molecular weight excluding hydrogens is 216 g/mol. The first-order valence-electron chi connectivity index (χ1n) is 5.80. The molecular formula is C13H20N2S. The van der Waals surface area contributed by atoms with Crippen molar-refractivity contribution in [3.05, 3.63) is 23.8 Å². The Morgan fingerprint density at radius 1 is 1.44 bits per heavy atom. The molecule has 0 saturated carbocycles. The SMILES string of the molecule is CC(C)(CN)Cc1ccc2c(c1)NCCS2. The van der Waals surface area contributed by atoms with Gasteiger partial charge in [-0.3, -0.25) is 0 Å². The average Bonchev–Trinajstić information content (AvgIpc) is 2.28. The van der Waals surface area contributed by atoms with Gasteiger partial charge in [0, 0.05) is 22.9 Å². The molecule has 1 heterocycles. The van der Waals surface area contributed by atoms with Crippen LogP contribution in [0.3, 0.4) is 0 Å². The Balaban J connectivity index is 2.17. The van der Waals surface area contributed by atoms with Crippen molar-refractivity contribution in [3.63, 3.8) is 0 Å². The monoisotopic (exact) mass is 236 g/mol. The molecule has 1 aromatic carbocycles. The highest BCUT2D eigenvalue weighted by Gasteiger charge is 2.17. The van der Waals surface area contributed by atoms with E-state index >= 15 is 0 Å². The third-order valence-corrected chi connectivity index (χ3v) is 4.03. The van der Waals surface area contributed by atoms with E-state index in [0.29, 0.717) is 0 Å². The summed E-state index contributed by atoms with van der Waals surface area (Å²) in [4.78, 5) is 1.38. The van der Waals surface area contributed by atoms with Gasteiger partial charge in [-0.2, -0.15) is 0 Å². The smallest absolute Gasteiger partial charge is 0.0481 e. The first-order valence-corrected chi connectivity index (χ1v) is 6.79. The van der Waals surface area contributed by atoms with Crippen LogP contribution in [0.4, 0.5) is 5.69 Å². The molecule has 0 radical (unpaired) electrons. The van der Waals surface area contributed by atoms with E-state index in [1.165, 1.54) is 21.9 Å². The molecule has 0 fully saturated rings. The van der Waals surface area contributed by atoms with Gasteiger partial charge in [-0.05, 0) is 36.1 Å². The molecule has 1 aliphatic rings. The minimum absolute atomic E-state index is 0.191. The summed E-state index contributed by atoms with van der Waals surface area (Å²) in [6.07, 6.45) is 1.04. The van der Waals surface area contributed by atoms with Crippen LogP contribution in [-0.4, -0.2) is 18.8 Å². The number of hydrogen-bond acceptors (Lipinski definition) is 3. The van der Waals surface area contributed by atoms with Crippen molar-refractivity contribution in [3.8, 4) is 0 Å². The van der Waals surface area contributed by atoms with Gasteiger partial charge in [0.25, 0.3) is 0 Å². The molecule has 0 bridgehead atoms. The maximum absolute atomic E-state index is 5.77. The lowest BCUT2D eigenvalue weighted by Crippen LogP contribution is -2.26. The standard InChI is InChI=1S/C13H20N2S/c1-13(2,9-14)8-10-3-4-12-11(7-10)15-5-6-16-12/h3-4,7,15H,5-6,8-9,14H2,1-2H3. The maximum atomic E-state index is 5.77. The Kier molecular flexibility index (Phi) is 3.45. The zero-order valence-corrected chi connectivity index (χ0v) is 10.9. The second-order valence-corrected chi connectivity index (χ2v) is 6.29. The summed E-state index contributed by atoms with van der Waals surface area (Å²) in [5.41, 5.74) is 8.63. The van der Waals surface area contributed by atoms with Crippen LogP contribution >= 0.6 is 11.8 Å². The van der Waals surface area contributed by atoms with Gasteiger partial charge in [-0.1, -0.05) is 19.9 Å². The molecule has 0 amide bonds. The van der Waals surface area contributed by atoms with Crippen LogP contribution in [0.5, 0.6) is 0 Å². The molecule has 88 valence electrons. The predicted octanol–water partition coefficient (Wildman–Crippen LogP) is 2.73. The van der Waals surface area contributed by atoms with Gasteiger partial charge in [-0.25, -0.2) is 0 Å². The molecule has 0 unspecified atom stereocenters. The summed E-state index contributed by atoms with van der Waals surface area (Å²) >= 11 is 1.93. The lowest BCUT2D eigenvalue weighted by atomic mass is 9.86. The lowest BCUT2D eigenvalue weighted by molar-refractivity contribution is 0.377. The van der Waals surface area contributed by atoms with Crippen LogP contribution in [0.15, 0.2) is 23.1 Å². The quantitative estimate of drug-likeness (QED) is 0.847. The molecule has 0 aliphatic carbocycles. The van der Waals surface area contributed by atoms with Gasteiger partial charge < -0.3 is 11.1 Å². The fourth-order valence-corrected chi connectivity index (χ4v) is 2.80. The second-order valence-electron chi connectivity index (χ2n) is 5.15. The van der Waals surface area contributed by atoms with Gasteiger partial charge in [0.05, 0.1) is 0 Å². The first-order chi connectivity index (χ1) is 7.61. The van der Waals surface area contributed by atoms with Crippen molar-refractivity contribution in [2.45, 2.75) is 25.2 Å². The number of thioether (sulfide) groups is 1. The van der Waals surface area contributed by atoms with Gasteiger partial charge in [-0.15, -0.1) is 11.8 Å². The molecule has 0 atom stereocenters. The number of rotatable bonds is 3. The van der Waals surface area contributed by atoms with Crippen LogP contribution in [-0.2, 0) is 6.42 Å². The molecule has 1 aliphatic heterocycles. The van der Waals surface area contributed by atoms with Crippen LogP contribution in [0.2, 0.25) is 0 Å². The van der Waals surface area contributed by atoms with E-state index in [2.05, 4.69) is 37.4 Å². The van der Waals surface area contributed by atoms with Gasteiger partial charge in [0.1, 0.15) is 0 Å². The van der Waals surface area contributed by atoms with E-state index in [-0.39, 0.29) is 5.41 Å². The Labute approximate surface area is 102 Å². The van der Waals surface area contributed by atoms with E-state index in [1.54, 1.807) is 0 Å². The fraction of sp³-hybridized carbons (Fsp3) is 0.538. The van der Waals surface area contributed by atoms with Gasteiger partial charge >= 0.3 is 0 Å². The van der Waals surface area contributed by atoms with Crippen LogP contribution in [0.1, 0.15) is 19.4 Å². The van der Waals surface area contributed by atoms with E-state index < -0.39 is 0 Å². The molecule has 2 rings (SSSR count). The maximum Gasteiger partial charge on any atom is 0.0481 e. The first kappa shape index (κ1) is 11.8. The number of anilines is 1. The minimum Gasteiger partial charge on any atom is -0.383 e. The number of nitrogens with one attached hydrogen (secondary N) is 1. The summed E-state index contributed by atoms with van der Waals surface area (Å²) in [7, 11) is 0. The molecule has 2 nitrogen and oxygen atoms in total. The normalized spacial score (nSPS) is 15.4. The van der Waals surface area contributed by atoms with E-state index in [4.69, 9.17) is 5.73 Å². The van der Waals surface area contributed by atoms with Crippen LogP contribution in [0.25, 0.3) is 0 Å². The highest BCUT2D eigenvalue weighted by molar-refractivity contribution is 7.99. The van der Waals surface area contributed by atoms with Crippen molar-refractivity contribution in [2.75, 3.05) is 24.2 Å². The molecule has 16 heavy (non-hydrogen) atoms. The number of nitrogens with two attached hydrogens (primary N) is 1. The zero-order valence-electron chi connectivity index (χ0n) is 10.0. The minimum atomic E-state index is 0.191. The summed E-state index contributed by atoms with van der Waals surface area (Å²) in [6.45, 7) is 6.23. The molecule has 0 spiro atoms. The highest BCUT2D eigenvalue weighted by atomic mass is 32.2. The second kappa shape index (κ2) is 4.68. The Hall–Kier alpha value is -0.670. The molecule has 3 N–H and O–H groups in total. The zero-order chi connectivity index (χ0) is 11.6. The summed E-state index contributed by atoms with van der Waals surface area (Å²) in [5.74, 6) is 1.17. The van der Waals surface area contributed by atoms with Crippen molar-refractivity contribution in [2.24, 2.45) is 11.1 Å². The number of hydrogen-bond donors (Lipinski definition) is 2.